The summed E-state index contributed by atoms with van der Waals surface area (Å²) in [6.45, 7) is 12.4. The van der Waals surface area contributed by atoms with Gasteiger partial charge in [0.05, 0.1) is 12.2 Å². The van der Waals surface area contributed by atoms with E-state index in [0.29, 0.717) is 28.6 Å². The predicted octanol–water partition coefficient (Wildman–Crippen LogP) is 6.44. The smallest absolute Gasteiger partial charge is 0.0577 e. The zero-order valence-corrected chi connectivity index (χ0v) is 19.9. The molecule has 2 N–H and O–H groups in total. The van der Waals surface area contributed by atoms with Crippen LogP contribution in [0.15, 0.2) is 0 Å². The largest absolute Gasteiger partial charge is 0.393 e. The van der Waals surface area contributed by atoms with E-state index >= 15 is 0 Å². The van der Waals surface area contributed by atoms with E-state index < -0.39 is 0 Å². The molecule has 2 unspecified atom stereocenters. The van der Waals surface area contributed by atoms with E-state index in [-0.39, 0.29) is 12.2 Å². The first-order chi connectivity index (χ1) is 13.7. The second kappa shape index (κ2) is 8.12. The van der Waals surface area contributed by atoms with Crippen molar-refractivity contribution in [2.24, 2.45) is 52.3 Å². The van der Waals surface area contributed by atoms with E-state index in [0.717, 1.165) is 42.9 Å². The molecule has 0 bridgehead atoms. The summed E-state index contributed by atoms with van der Waals surface area (Å²) >= 11 is 0. The number of hydrogen-bond donors (Lipinski definition) is 2. The standard InChI is InChI=1S/C27H48O2/c1-17(2)7-6-8-18(3)21-9-10-22-25-23(12-14-27(21,22)5)26(4)13-11-20(28)15-19(26)16-24(25)29/h17-25,28-29H,6-16H2,1-5H3/t18?,19?,20-,21-,22+,23+,24-,25+,26+,27-/m1/s1. The topological polar surface area (TPSA) is 40.5 Å². The summed E-state index contributed by atoms with van der Waals surface area (Å²) in [6, 6.07) is 0. The highest BCUT2D eigenvalue weighted by molar-refractivity contribution is 5.11. The zero-order valence-electron chi connectivity index (χ0n) is 19.9. The van der Waals surface area contributed by atoms with Crippen LogP contribution in [0.2, 0.25) is 0 Å². The van der Waals surface area contributed by atoms with Crippen LogP contribution >= 0.6 is 0 Å². The van der Waals surface area contributed by atoms with Gasteiger partial charge in [0, 0.05) is 0 Å². The molecule has 10 atom stereocenters. The molecule has 2 nitrogen and oxygen atoms in total. The fourth-order valence-electron chi connectivity index (χ4n) is 9.22. The molecule has 0 radical (unpaired) electrons. The first-order valence-corrected chi connectivity index (χ1v) is 13.0. The first kappa shape index (κ1) is 22.1. The van der Waals surface area contributed by atoms with Gasteiger partial charge in [0.2, 0.25) is 0 Å². The second-order valence-corrected chi connectivity index (χ2v) is 12.8. The van der Waals surface area contributed by atoms with Gasteiger partial charge in [-0.25, -0.2) is 0 Å². The van der Waals surface area contributed by atoms with E-state index in [9.17, 15) is 10.2 Å². The van der Waals surface area contributed by atoms with Gasteiger partial charge in [-0.05, 0) is 104 Å². The molecule has 0 aromatic heterocycles. The molecule has 0 aliphatic heterocycles. The van der Waals surface area contributed by atoms with Gasteiger partial charge in [-0.15, -0.1) is 0 Å². The van der Waals surface area contributed by atoms with Crippen molar-refractivity contribution in [1.29, 1.82) is 0 Å². The zero-order chi connectivity index (χ0) is 21.0. The molecule has 4 aliphatic carbocycles. The average molecular weight is 405 g/mol. The van der Waals surface area contributed by atoms with Crippen LogP contribution in [0.1, 0.15) is 105 Å². The molecule has 0 spiro atoms. The maximum Gasteiger partial charge on any atom is 0.0577 e. The molecule has 4 rings (SSSR count). The highest BCUT2D eigenvalue weighted by Crippen LogP contribution is 2.68. The van der Waals surface area contributed by atoms with E-state index in [2.05, 4.69) is 34.6 Å². The molecule has 29 heavy (non-hydrogen) atoms. The van der Waals surface area contributed by atoms with Crippen molar-refractivity contribution in [3.8, 4) is 0 Å². The van der Waals surface area contributed by atoms with Crippen molar-refractivity contribution in [1.82, 2.24) is 0 Å². The van der Waals surface area contributed by atoms with Crippen LogP contribution in [0.3, 0.4) is 0 Å². The monoisotopic (exact) mass is 404 g/mol. The second-order valence-electron chi connectivity index (χ2n) is 12.8. The minimum absolute atomic E-state index is 0.131. The van der Waals surface area contributed by atoms with Crippen LogP contribution in [0.25, 0.3) is 0 Å². The van der Waals surface area contributed by atoms with Gasteiger partial charge in [-0.3, -0.25) is 0 Å². The van der Waals surface area contributed by atoms with Crippen LogP contribution < -0.4 is 0 Å². The van der Waals surface area contributed by atoms with Gasteiger partial charge in [0.1, 0.15) is 0 Å². The Balaban J connectivity index is 1.50. The average Bonchev–Trinajstić information content (AvgIpc) is 3.00. The van der Waals surface area contributed by atoms with Crippen LogP contribution in [0, 0.1) is 52.3 Å². The molecule has 0 amide bonds. The number of hydrogen-bond acceptors (Lipinski definition) is 2. The van der Waals surface area contributed by atoms with Gasteiger partial charge >= 0.3 is 0 Å². The molecular weight excluding hydrogens is 356 g/mol. The summed E-state index contributed by atoms with van der Waals surface area (Å²) in [7, 11) is 0. The van der Waals surface area contributed by atoms with Crippen molar-refractivity contribution in [2.75, 3.05) is 0 Å². The Labute approximate surface area is 180 Å². The summed E-state index contributed by atoms with van der Waals surface area (Å²) in [5.74, 6) is 4.94. The number of aliphatic hydroxyl groups is 2. The lowest BCUT2D eigenvalue weighted by atomic mass is 9.43. The molecule has 2 heteroatoms. The lowest BCUT2D eigenvalue weighted by Gasteiger charge is -2.62. The van der Waals surface area contributed by atoms with Crippen molar-refractivity contribution in [3.05, 3.63) is 0 Å². The van der Waals surface area contributed by atoms with E-state index in [1.807, 2.05) is 0 Å². The minimum atomic E-state index is -0.136. The first-order valence-electron chi connectivity index (χ1n) is 13.0. The predicted molar refractivity (Wildman–Crippen MR) is 120 cm³/mol. The molecule has 4 aliphatic rings. The summed E-state index contributed by atoms with van der Waals surface area (Å²) < 4.78 is 0. The summed E-state index contributed by atoms with van der Waals surface area (Å²) in [5, 5.41) is 21.6. The maximum absolute atomic E-state index is 11.4. The molecular formula is C27H48O2. The summed E-state index contributed by atoms with van der Waals surface area (Å²) in [4.78, 5) is 0. The van der Waals surface area contributed by atoms with Crippen molar-refractivity contribution in [3.63, 3.8) is 0 Å². The molecule has 0 heterocycles. The van der Waals surface area contributed by atoms with Gasteiger partial charge in [0.25, 0.3) is 0 Å². The van der Waals surface area contributed by atoms with Gasteiger partial charge in [-0.2, -0.15) is 0 Å². The Kier molecular flexibility index (Phi) is 6.19. The van der Waals surface area contributed by atoms with Gasteiger partial charge in [0.15, 0.2) is 0 Å². The quantitative estimate of drug-likeness (QED) is 0.553. The molecule has 168 valence electrons. The fourth-order valence-corrected chi connectivity index (χ4v) is 9.22. The molecule has 0 aromatic rings. The van der Waals surface area contributed by atoms with Crippen molar-refractivity contribution < 1.29 is 10.2 Å². The third kappa shape index (κ3) is 3.73. The molecule has 4 saturated carbocycles. The maximum atomic E-state index is 11.4. The lowest BCUT2D eigenvalue weighted by Crippen LogP contribution is -2.58. The normalized spacial score (nSPS) is 50.7. The highest BCUT2D eigenvalue weighted by Gasteiger charge is 2.62. The van der Waals surface area contributed by atoms with Crippen LogP contribution in [-0.2, 0) is 0 Å². The Bertz CT molecular complexity index is 573. The fraction of sp³-hybridized carbons (Fsp3) is 1.00. The van der Waals surface area contributed by atoms with E-state index in [1.54, 1.807) is 0 Å². The van der Waals surface area contributed by atoms with Crippen LogP contribution in [-0.4, -0.2) is 22.4 Å². The van der Waals surface area contributed by atoms with E-state index in [4.69, 9.17) is 0 Å². The van der Waals surface area contributed by atoms with Gasteiger partial charge < -0.3 is 10.2 Å². The summed E-state index contributed by atoms with van der Waals surface area (Å²) in [5.41, 5.74) is 0.794. The Morgan fingerprint density at radius 2 is 1.52 bits per heavy atom. The Morgan fingerprint density at radius 3 is 2.24 bits per heavy atom. The third-order valence-corrected chi connectivity index (χ3v) is 10.9. The van der Waals surface area contributed by atoms with E-state index in [1.165, 1.54) is 51.4 Å². The minimum Gasteiger partial charge on any atom is -0.393 e. The number of aliphatic hydroxyl groups excluding tert-OH is 2. The number of fused-ring (bicyclic) bond motifs is 5. The SMILES string of the molecule is CC(C)CCCC(C)[C@H]1CC[C@H]2[C@@H]3[C@H](O)CC4C[C@H](O)CC[C@]4(C)[C@H]3CC[C@]12C. The van der Waals surface area contributed by atoms with Crippen molar-refractivity contribution >= 4 is 0 Å². The number of rotatable bonds is 5. The summed E-state index contributed by atoms with van der Waals surface area (Å²) in [6.07, 6.45) is 13.3. The van der Waals surface area contributed by atoms with Crippen molar-refractivity contribution in [2.45, 2.75) is 117 Å². The molecule has 0 aromatic carbocycles. The van der Waals surface area contributed by atoms with Crippen LogP contribution in [0.5, 0.6) is 0 Å². The molecule has 4 fully saturated rings. The van der Waals surface area contributed by atoms with Gasteiger partial charge in [-0.1, -0.05) is 53.9 Å². The van der Waals surface area contributed by atoms with Crippen LogP contribution in [0.4, 0.5) is 0 Å². The Hall–Kier alpha value is -0.0800. The third-order valence-electron chi connectivity index (χ3n) is 10.9. The Morgan fingerprint density at radius 1 is 0.828 bits per heavy atom. The highest BCUT2D eigenvalue weighted by atomic mass is 16.3. The lowest BCUT2D eigenvalue weighted by molar-refractivity contribution is -0.174. The molecule has 0 saturated heterocycles.